The Bertz CT molecular complexity index is 413. The van der Waals surface area contributed by atoms with Crippen LogP contribution in [0.2, 0.25) is 0 Å². The van der Waals surface area contributed by atoms with Crippen LogP contribution in [0, 0.1) is 5.92 Å². The molecule has 4 heteroatoms. The molecule has 0 aromatic heterocycles. The van der Waals surface area contributed by atoms with Crippen LogP contribution in [0.5, 0.6) is 0 Å². The van der Waals surface area contributed by atoms with Gasteiger partial charge in [-0.1, -0.05) is 28.1 Å². The molecule has 1 heterocycles. The van der Waals surface area contributed by atoms with E-state index in [0.29, 0.717) is 5.91 Å². The monoisotopic (exact) mass is 324 g/mol. The number of benzene rings is 1. The van der Waals surface area contributed by atoms with Crippen molar-refractivity contribution in [3.63, 3.8) is 0 Å². The Morgan fingerprint density at radius 1 is 1.32 bits per heavy atom. The number of piperidine rings is 1. The lowest BCUT2D eigenvalue weighted by molar-refractivity contribution is -0.134. The Morgan fingerprint density at radius 3 is 2.58 bits per heavy atom. The van der Waals surface area contributed by atoms with Gasteiger partial charge in [-0.25, -0.2) is 0 Å². The zero-order chi connectivity index (χ0) is 13.7. The lowest BCUT2D eigenvalue weighted by Gasteiger charge is -2.27. The summed E-state index contributed by atoms with van der Waals surface area (Å²) in [5, 5.41) is 3.30. The maximum Gasteiger partial charge on any atom is 0.225 e. The third kappa shape index (κ3) is 4.32. The Kier molecular flexibility index (Phi) is 5.40. The van der Waals surface area contributed by atoms with E-state index >= 15 is 0 Å². The van der Waals surface area contributed by atoms with Crippen LogP contribution < -0.4 is 5.32 Å². The fraction of sp³-hybridized carbons (Fsp3) is 0.533. The van der Waals surface area contributed by atoms with Gasteiger partial charge in [0.2, 0.25) is 5.91 Å². The minimum absolute atomic E-state index is 0.219. The molecule has 0 spiro atoms. The largest absolute Gasteiger partial charge is 0.345 e. The smallest absolute Gasteiger partial charge is 0.225 e. The number of likely N-dealkylation sites (N-methyl/N-ethyl adjacent to an activating group) is 1. The van der Waals surface area contributed by atoms with Crippen LogP contribution in [0.1, 0.15) is 18.4 Å². The van der Waals surface area contributed by atoms with Crippen LogP contribution in [0.4, 0.5) is 0 Å². The van der Waals surface area contributed by atoms with E-state index in [4.69, 9.17) is 0 Å². The van der Waals surface area contributed by atoms with Crippen molar-refractivity contribution < 1.29 is 4.79 Å². The third-order valence-electron chi connectivity index (χ3n) is 3.71. The van der Waals surface area contributed by atoms with Crippen molar-refractivity contribution in [3.8, 4) is 0 Å². The average Bonchev–Trinajstić information content (AvgIpc) is 2.46. The van der Waals surface area contributed by atoms with Gasteiger partial charge in [-0.15, -0.1) is 0 Å². The van der Waals surface area contributed by atoms with Crippen molar-refractivity contribution in [2.24, 2.45) is 5.92 Å². The first-order valence-corrected chi connectivity index (χ1v) is 7.66. The summed E-state index contributed by atoms with van der Waals surface area (Å²) in [5.74, 6) is 0.523. The maximum atomic E-state index is 12.3. The number of halogens is 1. The summed E-state index contributed by atoms with van der Waals surface area (Å²) in [6, 6.07) is 8.30. The molecule has 0 atom stereocenters. The number of rotatable bonds is 4. The molecule has 0 aliphatic carbocycles. The molecule has 0 radical (unpaired) electrons. The average molecular weight is 325 g/mol. The molecule has 0 unspecified atom stereocenters. The van der Waals surface area contributed by atoms with E-state index in [2.05, 4.69) is 33.4 Å². The zero-order valence-corrected chi connectivity index (χ0v) is 12.9. The van der Waals surface area contributed by atoms with Gasteiger partial charge in [0.25, 0.3) is 0 Å². The maximum absolute atomic E-state index is 12.3. The minimum atomic E-state index is 0.219. The van der Waals surface area contributed by atoms with Crippen molar-refractivity contribution >= 4 is 21.8 Å². The number of hydrogen-bond acceptors (Lipinski definition) is 2. The molecule has 2 rings (SSSR count). The highest BCUT2D eigenvalue weighted by Gasteiger charge is 2.23. The van der Waals surface area contributed by atoms with Crippen LogP contribution in [-0.4, -0.2) is 37.5 Å². The van der Waals surface area contributed by atoms with Gasteiger partial charge in [-0.05, 0) is 50.0 Å². The van der Waals surface area contributed by atoms with Gasteiger partial charge in [-0.3, -0.25) is 4.79 Å². The molecular weight excluding hydrogens is 304 g/mol. The molecule has 1 aromatic rings. The molecule has 3 nitrogen and oxygen atoms in total. The minimum Gasteiger partial charge on any atom is -0.345 e. The second kappa shape index (κ2) is 7.06. The van der Waals surface area contributed by atoms with E-state index in [-0.39, 0.29) is 5.92 Å². The number of hydrogen-bond donors (Lipinski definition) is 1. The van der Waals surface area contributed by atoms with Crippen molar-refractivity contribution in [2.75, 3.05) is 26.7 Å². The summed E-state index contributed by atoms with van der Waals surface area (Å²) in [6.07, 6.45) is 2.86. The summed E-state index contributed by atoms with van der Waals surface area (Å²) in [5.41, 5.74) is 1.27. The molecule has 1 N–H and O–H groups in total. The normalized spacial score (nSPS) is 16.3. The number of amides is 1. The lowest BCUT2D eigenvalue weighted by Crippen LogP contribution is -2.39. The van der Waals surface area contributed by atoms with Crippen LogP contribution in [-0.2, 0) is 11.2 Å². The third-order valence-corrected chi connectivity index (χ3v) is 4.24. The lowest BCUT2D eigenvalue weighted by atomic mass is 9.96. The first kappa shape index (κ1) is 14.5. The number of nitrogens with one attached hydrogen (secondary N) is 1. The van der Waals surface area contributed by atoms with Crippen molar-refractivity contribution in [1.82, 2.24) is 10.2 Å². The predicted molar refractivity (Wildman–Crippen MR) is 81.1 cm³/mol. The molecule has 1 fully saturated rings. The standard InChI is InChI=1S/C15H21BrN2O/c1-18(15(19)13-6-9-17-10-7-13)11-8-12-2-4-14(16)5-3-12/h2-5,13,17H,6-11H2,1H3. The molecule has 1 amide bonds. The van der Waals surface area contributed by atoms with E-state index < -0.39 is 0 Å². The molecule has 1 aromatic carbocycles. The van der Waals surface area contributed by atoms with Gasteiger partial charge in [-0.2, -0.15) is 0 Å². The van der Waals surface area contributed by atoms with E-state index in [0.717, 1.165) is 43.4 Å². The highest BCUT2D eigenvalue weighted by atomic mass is 79.9. The van der Waals surface area contributed by atoms with Gasteiger partial charge in [0.15, 0.2) is 0 Å². The summed E-state index contributed by atoms with van der Waals surface area (Å²) < 4.78 is 1.09. The van der Waals surface area contributed by atoms with Crippen LogP contribution in [0.25, 0.3) is 0 Å². The van der Waals surface area contributed by atoms with Gasteiger partial charge >= 0.3 is 0 Å². The van der Waals surface area contributed by atoms with Gasteiger partial charge in [0.05, 0.1) is 0 Å². The van der Waals surface area contributed by atoms with E-state index in [1.165, 1.54) is 5.56 Å². The Balaban J connectivity index is 1.81. The van der Waals surface area contributed by atoms with Crippen molar-refractivity contribution in [2.45, 2.75) is 19.3 Å². The quantitative estimate of drug-likeness (QED) is 0.922. The summed E-state index contributed by atoms with van der Waals surface area (Å²) in [6.45, 7) is 2.73. The van der Waals surface area contributed by atoms with E-state index in [9.17, 15) is 4.79 Å². The molecule has 1 saturated heterocycles. The van der Waals surface area contributed by atoms with E-state index in [1.807, 2.05) is 24.1 Å². The van der Waals surface area contributed by atoms with Crippen LogP contribution in [0.15, 0.2) is 28.7 Å². The first-order valence-electron chi connectivity index (χ1n) is 6.87. The zero-order valence-electron chi connectivity index (χ0n) is 11.4. The molecule has 1 aliphatic rings. The SMILES string of the molecule is CN(CCc1ccc(Br)cc1)C(=O)C1CCNCC1. The van der Waals surface area contributed by atoms with Crippen LogP contribution in [0.3, 0.4) is 0 Å². The number of nitrogens with zero attached hydrogens (tertiary/aromatic N) is 1. The number of carbonyl (C=O) groups is 1. The van der Waals surface area contributed by atoms with Gasteiger partial charge in [0.1, 0.15) is 0 Å². The van der Waals surface area contributed by atoms with Gasteiger partial charge < -0.3 is 10.2 Å². The van der Waals surface area contributed by atoms with Crippen molar-refractivity contribution in [3.05, 3.63) is 34.3 Å². The highest BCUT2D eigenvalue weighted by Crippen LogP contribution is 2.15. The second-order valence-electron chi connectivity index (χ2n) is 5.16. The molecule has 0 saturated carbocycles. The Morgan fingerprint density at radius 2 is 1.95 bits per heavy atom. The predicted octanol–water partition coefficient (Wildman–Crippen LogP) is 2.45. The van der Waals surface area contributed by atoms with Crippen LogP contribution >= 0.6 is 15.9 Å². The van der Waals surface area contributed by atoms with E-state index in [1.54, 1.807) is 0 Å². The summed E-state index contributed by atoms with van der Waals surface area (Å²) >= 11 is 3.43. The Hall–Kier alpha value is -0.870. The molecular formula is C15H21BrN2O. The molecule has 0 bridgehead atoms. The first-order chi connectivity index (χ1) is 9.16. The molecule has 1 aliphatic heterocycles. The van der Waals surface area contributed by atoms with Crippen molar-refractivity contribution in [1.29, 1.82) is 0 Å². The van der Waals surface area contributed by atoms with Gasteiger partial charge in [0, 0.05) is 24.0 Å². The molecule has 19 heavy (non-hydrogen) atoms. The fourth-order valence-corrected chi connectivity index (χ4v) is 2.70. The topological polar surface area (TPSA) is 32.3 Å². The number of carbonyl (C=O) groups excluding carboxylic acids is 1. The Labute approximate surface area is 123 Å². The highest BCUT2D eigenvalue weighted by molar-refractivity contribution is 9.10. The fourth-order valence-electron chi connectivity index (χ4n) is 2.44. The second-order valence-corrected chi connectivity index (χ2v) is 6.08. The summed E-state index contributed by atoms with van der Waals surface area (Å²) in [4.78, 5) is 14.2. The molecule has 104 valence electrons. The summed E-state index contributed by atoms with van der Waals surface area (Å²) in [7, 11) is 1.92.